The SMILES string of the molecule is CC(C)C(C)NC(=O)CC(c1ccccc1)c1cnc2ccccn12. The number of amides is 1. The molecule has 4 heteroatoms. The van der Waals surface area contributed by atoms with E-state index in [4.69, 9.17) is 0 Å². The summed E-state index contributed by atoms with van der Waals surface area (Å²) in [5, 5.41) is 3.12. The molecule has 0 aliphatic carbocycles. The molecule has 0 radical (unpaired) electrons. The summed E-state index contributed by atoms with van der Waals surface area (Å²) in [6.07, 6.45) is 4.29. The average Bonchev–Trinajstić information content (AvgIpc) is 3.04. The molecular formula is C21H25N3O. The van der Waals surface area contributed by atoms with Gasteiger partial charge in [0, 0.05) is 30.8 Å². The highest BCUT2D eigenvalue weighted by atomic mass is 16.1. The summed E-state index contributed by atoms with van der Waals surface area (Å²) in [6, 6.07) is 16.3. The van der Waals surface area contributed by atoms with Gasteiger partial charge in [0.15, 0.2) is 0 Å². The van der Waals surface area contributed by atoms with Crippen LogP contribution in [0.3, 0.4) is 0 Å². The molecule has 0 fully saturated rings. The number of carbonyl (C=O) groups is 1. The van der Waals surface area contributed by atoms with Crippen molar-refractivity contribution in [1.82, 2.24) is 14.7 Å². The first-order chi connectivity index (χ1) is 12.1. The first-order valence-electron chi connectivity index (χ1n) is 8.82. The maximum atomic E-state index is 12.6. The Balaban J connectivity index is 1.93. The fraction of sp³-hybridized carbons (Fsp3) is 0.333. The average molecular weight is 335 g/mol. The second-order valence-corrected chi connectivity index (χ2v) is 6.88. The Labute approximate surface area is 148 Å². The summed E-state index contributed by atoms with van der Waals surface area (Å²) in [5.41, 5.74) is 3.06. The summed E-state index contributed by atoms with van der Waals surface area (Å²) in [7, 11) is 0. The van der Waals surface area contributed by atoms with E-state index < -0.39 is 0 Å². The zero-order chi connectivity index (χ0) is 17.8. The van der Waals surface area contributed by atoms with Crippen molar-refractivity contribution in [3.05, 3.63) is 72.2 Å². The van der Waals surface area contributed by atoms with Crippen LogP contribution in [-0.4, -0.2) is 21.3 Å². The number of rotatable bonds is 6. The monoisotopic (exact) mass is 335 g/mol. The van der Waals surface area contributed by atoms with Crippen molar-refractivity contribution >= 4 is 11.6 Å². The molecule has 3 aromatic rings. The molecule has 0 spiro atoms. The minimum atomic E-state index is -0.0297. The van der Waals surface area contributed by atoms with E-state index in [0.717, 1.165) is 16.9 Å². The van der Waals surface area contributed by atoms with Gasteiger partial charge in [-0.2, -0.15) is 0 Å². The van der Waals surface area contributed by atoms with Gasteiger partial charge in [0.2, 0.25) is 5.91 Å². The third kappa shape index (κ3) is 3.90. The van der Waals surface area contributed by atoms with E-state index in [1.807, 2.05) is 55.7 Å². The predicted molar refractivity (Wildman–Crippen MR) is 101 cm³/mol. The molecule has 130 valence electrons. The van der Waals surface area contributed by atoms with Crippen molar-refractivity contribution in [1.29, 1.82) is 0 Å². The lowest BCUT2D eigenvalue weighted by molar-refractivity contribution is -0.122. The van der Waals surface area contributed by atoms with Gasteiger partial charge in [-0.25, -0.2) is 4.98 Å². The quantitative estimate of drug-likeness (QED) is 0.739. The van der Waals surface area contributed by atoms with Crippen molar-refractivity contribution in [3.63, 3.8) is 0 Å². The van der Waals surface area contributed by atoms with Crippen LogP contribution in [0.1, 0.15) is 44.4 Å². The number of hydrogen-bond acceptors (Lipinski definition) is 2. The van der Waals surface area contributed by atoms with Crippen LogP contribution in [0, 0.1) is 5.92 Å². The van der Waals surface area contributed by atoms with E-state index in [2.05, 4.69) is 40.7 Å². The number of aromatic nitrogens is 2. The summed E-state index contributed by atoms with van der Waals surface area (Å²) < 4.78 is 2.07. The number of fused-ring (bicyclic) bond motifs is 1. The van der Waals surface area contributed by atoms with Gasteiger partial charge in [-0.05, 0) is 30.5 Å². The van der Waals surface area contributed by atoms with Gasteiger partial charge in [0.1, 0.15) is 5.65 Å². The largest absolute Gasteiger partial charge is 0.353 e. The molecule has 2 unspecified atom stereocenters. The molecule has 0 aliphatic heterocycles. The van der Waals surface area contributed by atoms with Crippen LogP contribution < -0.4 is 5.32 Å². The summed E-state index contributed by atoms with van der Waals surface area (Å²) in [4.78, 5) is 17.1. The van der Waals surface area contributed by atoms with Gasteiger partial charge in [-0.3, -0.25) is 4.79 Å². The maximum absolute atomic E-state index is 12.6. The molecule has 25 heavy (non-hydrogen) atoms. The lowest BCUT2D eigenvalue weighted by Gasteiger charge is -2.21. The summed E-state index contributed by atoms with van der Waals surface area (Å²) in [5.74, 6) is 0.453. The summed E-state index contributed by atoms with van der Waals surface area (Å²) >= 11 is 0. The number of imidazole rings is 1. The van der Waals surface area contributed by atoms with Crippen LogP contribution in [0.5, 0.6) is 0 Å². The van der Waals surface area contributed by atoms with Crippen LogP contribution in [-0.2, 0) is 4.79 Å². The Kier molecular flexibility index (Phi) is 5.17. The number of nitrogens with zero attached hydrogens (tertiary/aromatic N) is 2. The van der Waals surface area contributed by atoms with Crippen molar-refractivity contribution in [2.24, 2.45) is 5.92 Å². The van der Waals surface area contributed by atoms with Crippen molar-refractivity contribution in [2.45, 2.75) is 39.2 Å². The topological polar surface area (TPSA) is 46.4 Å². The second kappa shape index (κ2) is 7.51. The van der Waals surface area contributed by atoms with E-state index >= 15 is 0 Å². The van der Waals surface area contributed by atoms with Crippen LogP contribution >= 0.6 is 0 Å². The number of carbonyl (C=O) groups excluding carboxylic acids is 1. The van der Waals surface area contributed by atoms with Gasteiger partial charge in [0.05, 0.1) is 5.69 Å². The van der Waals surface area contributed by atoms with E-state index in [1.165, 1.54) is 0 Å². The third-order valence-corrected chi connectivity index (χ3v) is 4.78. The Morgan fingerprint density at radius 1 is 1.08 bits per heavy atom. The van der Waals surface area contributed by atoms with Gasteiger partial charge in [0.25, 0.3) is 0 Å². The number of hydrogen-bond donors (Lipinski definition) is 1. The standard InChI is InChI=1S/C21H25N3O/c1-15(2)16(3)23-21(25)13-18(17-9-5-4-6-10-17)19-14-22-20-11-7-8-12-24(19)20/h4-12,14-16,18H,13H2,1-3H3,(H,23,25). The minimum Gasteiger partial charge on any atom is -0.353 e. The van der Waals surface area contributed by atoms with E-state index in [9.17, 15) is 4.79 Å². The normalized spacial score (nSPS) is 13.8. The van der Waals surface area contributed by atoms with Crippen LogP contribution in [0.15, 0.2) is 60.9 Å². The van der Waals surface area contributed by atoms with E-state index in [1.54, 1.807) is 0 Å². The zero-order valence-electron chi connectivity index (χ0n) is 15.0. The molecule has 0 saturated heterocycles. The molecule has 0 saturated carbocycles. The summed E-state index contributed by atoms with van der Waals surface area (Å²) in [6.45, 7) is 6.28. The number of benzene rings is 1. The fourth-order valence-corrected chi connectivity index (χ4v) is 2.95. The lowest BCUT2D eigenvalue weighted by Crippen LogP contribution is -2.36. The first kappa shape index (κ1) is 17.2. The molecule has 1 amide bonds. The highest BCUT2D eigenvalue weighted by Gasteiger charge is 2.22. The minimum absolute atomic E-state index is 0.0297. The molecule has 0 bridgehead atoms. The number of nitrogens with one attached hydrogen (secondary N) is 1. The smallest absolute Gasteiger partial charge is 0.221 e. The number of pyridine rings is 1. The third-order valence-electron chi connectivity index (χ3n) is 4.78. The predicted octanol–water partition coefficient (Wildman–Crippen LogP) is 4.02. The molecule has 1 N–H and O–H groups in total. The van der Waals surface area contributed by atoms with Gasteiger partial charge < -0.3 is 9.72 Å². The van der Waals surface area contributed by atoms with Gasteiger partial charge in [-0.15, -0.1) is 0 Å². The Bertz CT molecular complexity index is 838. The van der Waals surface area contributed by atoms with Crippen LogP contribution in [0.2, 0.25) is 0 Å². The molecular weight excluding hydrogens is 310 g/mol. The fourth-order valence-electron chi connectivity index (χ4n) is 2.95. The van der Waals surface area contributed by atoms with Gasteiger partial charge >= 0.3 is 0 Å². The van der Waals surface area contributed by atoms with Crippen LogP contribution in [0.25, 0.3) is 5.65 Å². The van der Waals surface area contributed by atoms with Gasteiger partial charge in [-0.1, -0.05) is 50.2 Å². The second-order valence-electron chi connectivity index (χ2n) is 6.88. The lowest BCUT2D eigenvalue weighted by atomic mass is 9.92. The van der Waals surface area contributed by atoms with Crippen molar-refractivity contribution < 1.29 is 4.79 Å². The molecule has 3 rings (SSSR count). The molecule has 2 atom stereocenters. The molecule has 2 aromatic heterocycles. The van der Waals surface area contributed by atoms with Crippen molar-refractivity contribution in [3.8, 4) is 0 Å². The highest BCUT2D eigenvalue weighted by Crippen LogP contribution is 2.28. The van der Waals surface area contributed by atoms with E-state index in [0.29, 0.717) is 12.3 Å². The molecule has 1 aromatic carbocycles. The highest BCUT2D eigenvalue weighted by molar-refractivity contribution is 5.77. The zero-order valence-corrected chi connectivity index (χ0v) is 15.0. The first-order valence-corrected chi connectivity index (χ1v) is 8.82. The van der Waals surface area contributed by atoms with Crippen LogP contribution in [0.4, 0.5) is 0 Å². The molecule has 2 heterocycles. The molecule has 4 nitrogen and oxygen atoms in total. The maximum Gasteiger partial charge on any atom is 0.221 e. The van der Waals surface area contributed by atoms with Crippen molar-refractivity contribution in [2.75, 3.05) is 0 Å². The Hall–Kier alpha value is -2.62. The Morgan fingerprint density at radius 3 is 2.52 bits per heavy atom. The van der Waals surface area contributed by atoms with E-state index in [-0.39, 0.29) is 17.9 Å². The Morgan fingerprint density at radius 2 is 1.80 bits per heavy atom. The molecule has 0 aliphatic rings.